The lowest BCUT2D eigenvalue weighted by Gasteiger charge is -2.34. The molecule has 8 nitrogen and oxygen atoms in total. The maximum absolute atomic E-state index is 14.0. The summed E-state index contributed by atoms with van der Waals surface area (Å²) in [5, 5.41) is 18.3. The third-order valence-corrected chi connectivity index (χ3v) is 6.63. The lowest BCUT2D eigenvalue weighted by atomic mass is 10.0. The van der Waals surface area contributed by atoms with Crippen LogP contribution < -0.4 is 10.6 Å². The number of ether oxygens (including phenoxy) is 1. The van der Waals surface area contributed by atoms with Crippen LogP contribution in [0.3, 0.4) is 0 Å². The Labute approximate surface area is 241 Å². The second-order valence-corrected chi connectivity index (χ2v) is 11.0. The van der Waals surface area contributed by atoms with Gasteiger partial charge in [0.05, 0.1) is 0 Å². The number of unbranched alkanes of at least 4 members (excludes halogenated alkanes) is 2. The summed E-state index contributed by atoms with van der Waals surface area (Å²) in [6.45, 7) is 7.46. The van der Waals surface area contributed by atoms with Crippen molar-refractivity contribution in [1.29, 1.82) is 0 Å². The van der Waals surface area contributed by atoms with Crippen LogP contribution in [-0.2, 0) is 14.3 Å². The molecule has 2 atom stereocenters. The first-order valence-electron chi connectivity index (χ1n) is 13.5. The molecule has 0 aliphatic heterocycles. The van der Waals surface area contributed by atoms with Crippen LogP contribution in [0.15, 0.2) is 66.7 Å². The highest BCUT2D eigenvalue weighted by Crippen LogP contribution is 2.31. The zero-order valence-electron chi connectivity index (χ0n) is 23.5. The average Bonchev–Trinajstić information content (AvgIpc) is 2.90. The third kappa shape index (κ3) is 8.39. The minimum Gasteiger partial charge on any atom is -0.508 e. The van der Waals surface area contributed by atoms with Crippen molar-refractivity contribution in [3.63, 3.8) is 0 Å². The number of hydrogen-bond donors (Lipinski definition) is 4. The number of rotatable bonds is 11. The van der Waals surface area contributed by atoms with E-state index in [9.17, 15) is 19.5 Å². The number of alkyl carbamates (subject to hydrolysis) is 1. The molecule has 2 unspecified atom stereocenters. The van der Waals surface area contributed by atoms with E-state index in [-0.39, 0.29) is 23.6 Å². The quantitative estimate of drug-likeness (QED) is 0.167. The molecule has 3 aromatic rings. The summed E-state index contributed by atoms with van der Waals surface area (Å²) in [5.74, 6) is -1.12. The van der Waals surface area contributed by atoms with Crippen molar-refractivity contribution < 1.29 is 24.2 Å². The summed E-state index contributed by atoms with van der Waals surface area (Å²) in [7, 11) is 0. The van der Waals surface area contributed by atoms with Gasteiger partial charge in [-0.15, -0.1) is 0 Å². The number of para-hydroxylation sites is 1. The van der Waals surface area contributed by atoms with Gasteiger partial charge in [-0.3, -0.25) is 9.59 Å². The normalized spacial score (nSPS) is 12.8. The summed E-state index contributed by atoms with van der Waals surface area (Å²) >= 11 is 4.32. The van der Waals surface area contributed by atoms with E-state index in [1.54, 1.807) is 45.0 Å². The summed E-state index contributed by atoms with van der Waals surface area (Å²) in [4.78, 5) is 41.9. The highest BCUT2D eigenvalue weighted by atomic mass is 32.1. The van der Waals surface area contributed by atoms with Crippen LogP contribution in [0.2, 0.25) is 0 Å². The molecule has 0 aliphatic carbocycles. The monoisotopic (exact) mass is 565 g/mol. The number of carbonyl (C=O) groups is 3. The van der Waals surface area contributed by atoms with Crippen molar-refractivity contribution in [1.82, 2.24) is 10.2 Å². The number of thiol groups is 1. The van der Waals surface area contributed by atoms with Crippen LogP contribution >= 0.6 is 12.6 Å². The van der Waals surface area contributed by atoms with Gasteiger partial charge >= 0.3 is 6.09 Å². The SMILES string of the molecule is CCCCCN(C(=O)C(CS)NC(=O)OC(C)(C)C)C(C(=O)Nc1ccc2ccccc2c1)c1ccccc1O. The highest BCUT2D eigenvalue weighted by Gasteiger charge is 2.37. The first kappa shape index (κ1) is 30.8. The minimum absolute atomic E-state index is 0.0118. The number of nitrogens with zero attached hydrogens (tertiary/aromatic N) is 1. The molecule has 0 fully saturated rings. The maximum Gasteiger partial charge on any atom is 0.408 e. The predicted molar refractivity (Wildman–Crippen MR) is 162 cm³/mol. The summed E-state index contributed by atoms with van der Waals surface area (Å²) in [6.07, 6.45) is 1.60. The molecule has 0 saturated carbocycles. The first-order valence-corrected chi connectivity index (χ1v) is 14.2. The molecular weight excluding hydrogens is 526 g/mol. The van der Waals surface area contributed by atoms with E-state index in [1.165, 1.54) is 11.0 Å². The summed E-state index contributed by atoms with van der Waals surface area (Å²) in [5.41, 5.74) is 0.0798. The number of aromatic hydroxyl groups is 1. The topological polar surface area (TPSA) is 108 Å². The van der Waals surface area contributed by atoms with Crippen LogP contribution in [0.1, 0.15) is 58.6 Å². The van der Waals surface area contributed by atoms with Crippen LogP contribution in [0, 0.1) is 0 Å². The highest BCUT2D eigenvalue weighted by molar-refractivity contribution is 7.80. The average molecular weight is 566 g/mol. The van der Waals surface area contributed by atoms with Crippen LogP contribution in [0.4, 0.5) is 10.5 Å². The van der Waals surface area contributed by atoms with Gasteiger partial charge < -0.3 is 25.4 Å². The standard InChI is InChI=1S/C31H39N3O5S/c1-5-6-11-18-34(29(37)25(20-40)33-30(38)39-31(2,3)4)27(24-14-9-10-15-26(24)35)28(36)32-23-17-16-21-12-7-8-13-22(21)19-23/h7-10,12-17,19,25,27,35,40H,5-6,11,18,20H2,1-4H3,(H,32,36)(H,33,38). The molecule has 0 saturated heterocycles. The molecule has 3 amide bonds. The number of amides is 3. The number of fused-ring (bicyclic) bond motifs is 1. The second-order valence-electron chi connectivity index (χ2n) is 10.6. The number of phenolic OH excluding ortho intramolecular Hbond substituents is 1. The molecule has 0 bridgehead atoms. The molecule has 3 rings (SSSR count). The van der Waals surface area contributed by atoms with Gasteiger partial charge in [0, 0.05) is 23.5 Å². The lowest BCUT2D eigenvalue weighted by Crippen LogP contribution is -2.53. The van der Waals surface area contributed by atoms with E-state index in [0.29, 0.717) is 12.1 Å². The number of phenols is 1. The van der Waals surface area contributed by atoms with Crippen molar-refractivity contribution in [2.75, 3.05) is 17.6 Å². The number of anilines is 1. The van der Waals surface area contributed by atoms with Crippen molar-refractivity contribution in [3.05, 3.63) is 72.3 Å². The Hall–Kier alpha value is -3.72. The molecule has 40 heavy (non-hydrogen) atoms. The van der Waals surface area contributed by atoms with Crippen molar-refractivity contribution in [2.45, 2.75) is 64.6 Å². The molecule has 0 aromatic heterocycles. The van der Waals surface area contributed by atoms with Crippen molar-refractivity contribution in [2.24, 2.45) is 0 Å². The van der Waals surface area contributed by atoms with E-state index in [2.05, 4.69) is 23.3 Å². The molecule has 0 radical (unpaired) electrons. The Balaban J connectivity index is 1.99. The first-order chi connectivity index (χ1) is 19.0. The zero-order valence-corrected chi connectivity index (χ0v) is 24.4. The zero-order chi connectivity index (χ0) is 29.3. The van der Waals surface area contributed by atoms with Gasteiger partial charge in [0.1, 0.15) is 23.4 Å². The number of benzene rings is 3. The number of carbonyl (C=O) groups excluding carboxylic acids is 3. The van der Waals surface area contributed by atoms with E-state index >= 15 is 0 Å². The van der Waals surface area contributed by atoms with E-state index in [0.717, 1.165) is 23.6 Å². The number of hydrogen-bond acceptors (Lipinski definition) is 6. The van der Waals surface area contributed by atoms with Gasteiger partial charge in [-0.2, -0.15) is 12.6 Å². The van der Waals surface area contributed by atoms with Gasteiger partial charge in [0.25, 0.3) is 5.91 Å². The van der Waals surface area contributed by atoms with Crippen LogP contribution in [0.5, 0.6) is 5.75 Å². The molecular formula is C31H39N3O5S. The largest absolute Gasteiger partial charge is 0.508 e. The lowest BCUT2D eigenvalue weighted by molar-refractivity contribution is -0.140. The molecule has 0 aliphatic rings. The molecule has 3 aromatic carbocycles. The van der Waals surface area contributed by atoms with Gasteiger partial charge in [-0.1, -0.05) is 68.3 Å². The molecule has 0 spiro atoms. The molecule has 214 valence electrons. The van der Waals surface area contributed by atoms with Crippen LogP contribution in [-0.4, -0.2) is 51.9 Å². The van der Waals surface area contributed by atoms with Crippen molar-refractivity contribution in [3.8, 4) is 5.75 Å². The van der Waals surface area contributed by atoms with Gasteiger partial charge in [-0.05, 0) is 56.2 Å². The Kier molecular flexibility index (Phi) is 10.8. The Morgan fingerprint density at radius 3 is 2.30 bits per heavy atom. The van der Waals surface area contributed by atoms with E-state index in [4.69, 9.17) is 4.74 Å². The summed E-state index contributed by atoms with van der Waals surface area (Å²) < 4.78 is 5.35. The Morgan fingerprint density at radius 1 is 0.975 bits per heavy atom. The fourth-order valence-corrected chi connectivity index (χ4v) is 4.63. The van der Waals surface area contributed by atoms with Crippen molar-refractivity contribution >= 4 is 47.0 Å². The van der Waals surface area contributed by atoms with E-state index in [1.807, 2.05) is 43.3 Å². The third-order valence-electron chi connectivity index (χ3n) is 6.27. The molecule has 9 heteroatoms. The van der Waals surface area contributed by atoms with E-state index < -0.39 is 35.6 Å². The number of nitrogens with one attached hydrogen (secondary N) is 2. The Morgan fingerprint density at radius 2 is 1.65 bits per heavy atom. The maximum atomic E-state index is 14.0. The second kappa shape index (κ2) is 14.1. The fourth-order valence-electron chi connectivity index (χ4n) is 4.38. The molecule has 3 N–H and O–H groups in total. The van der Waals surface area contributed by atoms with Crippen LogP contribution in [0.25, 0.3) is 10.8 Å². The fraction of sp³-hybridized carbons (Fsp3) is 0.387. The smallest absolute Gasteiger partial charge is 0.408 e. The predicted octanol–water partition coefficient (Wildman–Crippen LogP) is 6.07. The van der Waals surface area contributed by atoms with Gasteiger partial charge in [0.15, 0.2) is 0 Å². The summed E-state index contributed by atoms with van der Waals surface area (Å²) in [6, 6.07) is 17.6. The van der Waals surface area contributed by atoms with Gasteiger partial charge in [0.2, 0.25) is 5.91 Å². The minimum atomic E-state index is -1.17. The Bertz CT molecular complexity index is 1320. The molecule has 0 heterocycles. The van der Waals surface area contributed by atoms with Gasteiger partial charge in [-0.25, -0.2) is 4.79 Å².